The van der Waals surface area contributed by atoms with Crippen molar-refractivity contribution in [2.75, 3.05) is 29.8 Å². The summed E-state index contributed by atoms with van der Waals surface area (Å²) < 4.78 is 12.8. The van der Waals surface area contributed by atoms with Gasteiger partial charge in [-0.1, -0.05) is 285 Å². The van der Waals surface area contributed by atoms with Crippen LogP contribution in [0.3, 0.4) is 0 Å². The Balaban J connectivity index is 0.000000155. The zero-order valence-electron chi connectivity index (χ0n) is 80.1. The second-order valence-electron chi connectivity index (χ2n) is 43.9. The summed E-state index contributed by atoms with van der Waals surface area (Å²) in [5.41, 5.74) is 32.8. The van der Waals surface area contributed by atoms with Crippen molar-refractivity contribution in [3.8, 4) is 0 Å². The van der Waals surface area contributed by atoms with Gasteiger partial charge in [-0.3, -0.25) is 0 Å². The molecule has 4 aliphatic rings. The minimum Gasteiger partial charge on any atom is -0.462 e. The summed E-state index contributed by atoms with van der Waals surface area (Å²) >= 11 is 6.41. The highest BCUT2D eigenvalue weighted by molar-refractivity contribution is 6.31. The van der Waals surface area contributed by atoms with E-state index in [9.17, 15) is 0 Å². The second-order valence-corrected chi connectivity index (χ2v) is 44.4. The maximum atomic E-state index is 6.68. The van der Waals surface area contributed by atoms with Gasteiger partial charge in [0.15, 0.2) is 0 Å². The summed E-state index contributed by atoms with van der Waals surface area (Å²) in [5.74, 6) is 0. The third kappa shape index (κ3) is 17.3. The molecule has 0 spiro atoms. The average molecular weight is 1700 g/mol. The number of rotatable bonds is 13. The number of para-hydroxylation sites is 2. The van der Waals surface area contributed by atoms with Crippen LogP contribution in [-0.2, 0) is 43.3 Å². The predicted molar refractivity (Wildman–Crippen MR) is 545 cm³/mol. The molecule has 12 aromatic carbocycles. The van der Waals surface area contributed by atoms with E-state index in [0.29, 0.717) is 0 Å². The number of nitrogens with one attached hydrogen (secondary N) is 1. The summed E-state index contributed by atoms with van der Waals surface area (Å²) in [6.07, 6.45) is 13.7. The van der Waals surface area contributed by atoms with Gasteiger partial charge in [-0.15, -0.1) is 0 Å². The van der Waals surface area contributed by atoms with Gasteiger partial charge >= 0.3 is 0 Å². The number of anilines is 15. The molecule has 2 aromatic heterocycles. The van der Waals surface area contributed by atoms with E-state index in [2.05, 4.69) is 451 Å². The first-order chi connectivity index (χ1) is 59.9. The fourth-order valence-electron chi connectivity index (χ4n) is 20.7. The highest BCUT2D eigenvalue weighted by atomic mass is 35.5. The van der Waals surface area contributed by atoms with Crippen molar-refractivity contribution in [1.82, 2.24) is 0 Å². The van der Waals surface area contributed by atoms with Crippen molar-refractivity contribution in [2.24, 2.45) is 0 Å². The number of hydrogen-bond donors (Lipinski definition) is 1. The zero-order valence-corrected chi connectivity index (χ0v) is 80.9. The van der Waals surface area contributed by atoms with Gasteiger partial charge in [0, 0.05) is 113 Å². The van der Waals surface area contributed by atoms with Crippen molar-refractivity contribution in [3.05, 3.63) is 340 Å². The monoisotopic (exact) mass is 1700 g/mol. The lowest BCUT2D eigenvalue weighted by molar-refractivity contribution is 0.195. The normalized spacial score (nSPS) is 18.7. The van der Waals surface area contributed by atoms with Crippen LogP contribution in [0.2, 0.25) is 5.02 Å². The molecule has 2 aliphatic heterocycles. The lowest BCUT2D eigenvalue weighted by Gasteiger charge is -2.50. The Bertz CT molecular complexity index is 6160. The van der Waals surface area contributed by atoms with E-state index in [1.165, 1.54) is 118 Å². The number of fused-ring (bicyclic) bond motifs is 8. The highest BCUT2D eigenvalue weighted by Gasteiger charge is 2.59. The molecule has 2 fully saturated rings. The smallest absolute Gasteiger partial charge is 0.138 e. The quantitative estimate of drug-likeness (QED) is 0.123. The number of nitrogens with zero attached hydrogens (tertiary/aromatic N) is 5. The zero-order chi connectivity index (χ0) is 90.5. The average Bonchev–Trinajstić information content (AvgIpc) is 1.54. The molecule has 0 radical (unpaired) electrons. The lowest BCUT2D eigenvalue weighted by atomic mass is 9.61. The predicted octanol–water partition coefficient (Wildman–Crippen LogP) is 35.2. The van der Waals surface area contributed by atoms with Gasteiger partial charge in [-0.2, -0.15) is 0 Å². The van der Waals surface area contributed by atoms with Crippen molar-refractivity contribution in [3.63, 3.8) is 0 Å². The van der Waals surface area contributed by atoms with Crippen LogP contribution in [0.25, 0.3) is 21.9 Å². The maximum absolute atomic E-state index is 6.68. The third-order valence-electron chi connectivity index (χ3n) is 28.7. The number of halogens is 1. The van der Waals surface area contributed by atoms with E-state index in [1.54, 1.807) is 0 Å². The number of aryl methyl sites for hydroxylation is 2. The maximum Gasteiger partial charge on any atom is 0.138 e. The van der Waals surface area contributed by atoms with Crippen LogP contribution in [0.15, 0.2) is 288 Å². The minimum absolute atomic E-state index is 0.0250. The lowest BCUT2D eigenvalue weighted by Crippen LogP contribution is -2.54. The van der Waals surface area contributed by atoms with Gasteiger partial charge in [0.1, 0.15) is 23.7 Å². The summed E-state index contributed by atoms with van der Waals surface area (Å²) in [6.45, 7) is 54.9. The Labute approximate surface area is 764 Å². The Morgan fingerprint density at radius 2 is 0.630 bits per heavy atom. The second kappa shape index (κ2) is 33.5. The Hall–Kier alpha value is -11.2. The SMILES string of the molecule is CC(C)(C)c1ccc(Nc2coc3cc(N4c5ccccc5C5(C)CCCCC45C)ccc23)cc1.Cc1cc(Cl)cc(N(c2ccc(C(C)(C)C)cc2)c2ccc(C(C)(C)C)cc2)c1.Cc1cc(N(c2ccc(C(C)(C)C)cc2)c2ccc(C(C)(C)C)cc2)cc(N(c2ccc(C(C)(C)C)cc2)c2coc3cc(N4c5ccccc5C5(C)CCCCC45C)ccc23)c1. The Morgan fingerprint density at radius 1 is 0.315 bits per heavy atom. The van der Waals surface area contributed by atoms with Crippen LogP contribution < -0.4 is 29.8 Å². The molecule has 0 bridgehead atoms. The molecule has 0 saturated heterocycles. The summed E-state index contributed by atoms with van der Waals surface area (Å²) in [4.78, 5) is 12.3. The summed E-state index contributed by atoms with van der Waals surface area (Å²) in [7, 11) is 0. The van der Waals surface area contributed by atoms with Crippen LogP contribution in [-0.4, -0.2) is 11.1 Å². The molecule has 2 aliphatic carbocycles. The van der Waals surface area contributed by atoms with Gasteiger partial charge in [0.05, 0.1) is 22.5 Å². The van der Waals surface area contributed by atoms with E-state index >= 15 is 0 Å². The fourth-order valence-corrected chi connectivity index (χ4v) is 21.0. The van der Waals surface area contributed by atoms with Gasteiger partial charge in [0.25, 0.3) is 0 Å². The van der Waals surface area contributed by atoms with E-state index in [4.69, 9.17) is 20.4 Å². The van der Waals surface area contributed by atoms with Crippen molar-refractivity contribution in [2.45, 2.75) is 272 Å². The Kier molecular flexibility index (Phi) is 23.5. The van der Waals surface area contributed by atoms with E-state index < -0.39 is 0 Å². The van der Waals surface area contributed by atoms with Gasteiger partial charge in [0.2, 0.25) is 0 Å². The van der Waals surface area contributed by atoms with Gasteiger partial charge < -0.3 is 38.7 Å². The van der Waals surface area contributed by atoms with Crippen LogP contribution >= 0.6 is 11.6 Å². The van der Waals surface area contributed by atoms with Crippen molar-refractivity contribution >= 4 is 119 Å². The number of benzene rings is 12. The Morgan fingerprint density at radius 3 is 1.01 bits per heavy atom. The molecule has 4 atom stereocenters. The molecule has 0 amide bonds. The first kappa shape index (κ1) is 89.2. The number of hydrogen-bond acceptors (Lipinski definition) is 8. The molecule has 14 aromatic rings. The van der Waals surface area contributed by atoms with Crippen molar-refractivity contribution in [1.29, 1.82) is 0 Å². The largest absolute Gasteiger partial charge is 0.462 e. The molecular formula is C118H135ClN6O2. The van der Waals surface area contributed by atoms with Crippen LogP contribution in [0, 0.1) is 13.8 Å². The molecule has 18 rings (SSSR count). The minimum atomic E-state index is -0.0250. The third-order valence-corrected chi connectivity index (χ3v) is 28.9. The molecule has 8 nitrogen and oxygen atoms in total. The molecule has 1 N–H and O–H groups in total. The molecule has 127 heavy (non-hydrogen) atoms. The topological polar surface area (TPSA) is 54.5 Å². The molecule has 4 unspecified atom stereocenters. The summed E-state index contributed by atoms with van der Waals surface area (Å²) in [5, 5.41) is 6.50. The molecule has 9 heteroatoms. The van der Waals surface area contributed by atoms with Crippen LogP contribution in [0.1, 0.15) is 259 Å². The van der Waals surface area contributed by atoms with E-state index in [0.717, 1.165) is 102 Å². The van der Waals surface area contributed by atoms with Gasteiger partial charge in [-0.05, 0) is 287 Å². The first-order valence-electron chi connectivity index (χ1n) is 46.4. The molecule has 656 valence electrons. The van der Waals surface area contributed by atoms with E-state index in [-0.39, 0.29) is 54.4 Å². The fraction of sp³-hybridized carbons (Fsp3) is 0.356. The standard InChI is InChI=1S/C59H67N3O.C32H36N2O.C27H32ClN/c1-40-35-48(60(44-25-19-41(20-26-44)55(2,3)4)45-27-21-42(22-28-45)56(5,6)7)37-49(36-40)61(46-29-23-43(24-30-46)57(8,9)10)53-39-63-54-38-47(31-32-50(53)54)62-52-18-14-13-17-51(52)58(11)33-15-16-34-59(58,62)12;1-30(2,3)22-12-14-23(15-13-22)33-27-21-35-29-20-24(16-17-25(27)29)34-28-11-7-6-10-26(28)31(4)18-8-9-19-32(31,34)5;1-19-16-22(28)18-25(17-19)29(23-12-8-20(9-13-23)26(2,3)4)24-14-10-21(11-15-24)27(5,6)7/h13-14,17-32,35-39H,15-16,33-34H2,1-12H3;6-7,10-17,20-21,33H,8-9,18-19H2,1-5H3;8-18H,1-7H3. The highest BCUT2D eigenvalue weighted by Crippen LogP contribution is 2.63. The van der Waals surface area contributed by atoms with Crippen LogP contribution in [0.4, 0.5) is 85.3 Å². The van der Waals surface area contributed by atoms with Gasteiger partial charge in [-0.25, -0.2) is 0 Å². The molecule has 4 heterocycles. The van der Waals surface area contributed by atoms with Crippen molar-refractivity contribution < 1.29 is 8.83 Å². The number of furan rings is 2. The summed E-state index contributed by atoms with van der Waals surface area (Å²) in [6, 6.07) is 98.7. The molecule has 2 saturated carbocycles. The van der Waals surface area contributed by atoms with E-state index in [1.807, 2.05) is 24.7 Å². The molecular weight excluding hydrogens is 1570 g/mol. The van der Waals surface area contributed by atoms with Crippen LogP contribution in [0.5, 0.6) is 0 Å². The first-order valence-corrected chi connectivity index (χ1v) is 46.8.